The highest BCUT2D eigenvalue weighted by Gasteiger charge is 2.02. The molecule has 1 N–H and O–H groups in total. The minimum atomic E-state index is 0.0526. The Bertz CT molecular complexity index is 248. The average Bonchev–Trinajstić information content (AvgIpc) is 2.28. The van der Waals surface area contributed by atoms with E-state index in [-0.39, 0.29) is 12.7 Å². The van der Waals surface area contributed by atoms with Gasteiger partial charge in [0.05, 0.1) is 6.10 Å². The molecule has 0 amide bonds. The molecule has 1 atom stereocenters. The molecule has 3 heteroatoms. The third-order valence-corrected chi connectivity index (χ3v) is 1.93. The molecule has 3 nitrogen and oxygen atoms in total. The van der Waals surface area contributed by atoms with Crippen LogP contribution in [0, 0.1) is 0 Å². The summed E-state index contributed by atoms with van der Waals surface area (Å²) in [5.41, 5.74) is 0. The fraction of sp³-hybridized carbons (Fsp3) is 0.500. The van der Waals surface area contributed by atoms with E-state index in [9.17, 15) is 0 Å². The highest BCUT2D eigenvalue weighted by atomic mass is 16.5. The van der Waals surface area contributed by atoms with Crippen LogP contribution in [0.1, 0.15) is 13.3 Å². The van der Waals surface area contributed by atoms with Gasteiger partial charge in [0.15, 0.2) is 0 Å². The fourth-order valence-electron chi connectivity index (χ4n) is 1.13. The van der Waals surface area contributed by atoms with Gasteiger partial charge in [0, 0.05) is 13.2 Å². The summed E-state index contributed by atoms with van der Waals surface area (Å²) in [6, 6.07) is 9.66. The predicted molar refractivity (Wildman–Crippen MR) is 59.1 cm³/mol. The Kier molecular flexibility index (Phi) is 5.81. The van der Waals surface area contributed by atoms with Crippen LogP contribution < -0.4 is 4.74 Å². The molecule has 0 radical (unpaired) electrons. The van der Waals surface area contributed by atoms with Gasteiger partial charge >= 0.3 is 0 Å². The molecule has 0 aliphatic heterocycles. The van der Waals surface area contributed by atoms with Crippen LogP contribution in [-0.2, 0) is 4.74 Å². The average molecular weight is 210 g/mol. The largest absolute Gasteiger partial charge is 0.491 e. The molecular weight excluding hydrogens is 192 g/mol. The lowest BCUT2D eigenvalue weighted by atomic mass is 10.3. The molecule has 0 bridgehead atoms. The van der Waals surface area contributed by atoms with Gasteiger partial charge in [-0.2, -0.15) is 0 Å². The van der Waals surface area contributed by atoms with Crippen molar-refractivity contribution >= 4 is 0 Å². The van der Waals surface area contributed by atoms with Crippen molar-refractivity contribution in [1.29, 1.82) is 0 Å². The van der Waals surface area contributed by atoms with Gasteiger partial charge in [0.25, 0.3) is 0 Å². The summed E-state index contributed by atoms with van der Waals surface area (Å²) in [7, 11) is 0. The normalized spacial score (nSPS) is 12.4. The van der Waals surface area contributed by atoms with E-state index >= 15 is 0 Å². The van der Waals surface area contributed by atoms with Crippen LogP contribution in [0.4, 0.5) is 0 Å². The first kappa shape index (κ1) is 12.0. The van der Waals surface area contributed by atoms with Crippen molar-refractivity contribution in [2.24, 2.45) is 0 Å². The number of aliphatic hydroxyl groups excluding tert-OH is 1. The van der Waals surface area contributed by atoms with Crippen LogP contribution in [0.3, 0.4) is 0 Å². The van der Waals surface area contributed by atoms with Gasteiger partial charge in [-0.05, 0) is 25.5 Å². The molecule has 0 fully saturated rings. The third kappa shape index (κ3) is 5.40. The molecule has 0 spiro atoms. The van der Waals surface area contributed by atoms with E-state index in [1.54, 1.807) is 0 Å². The van der Waals surface area contributed by atoms with E-state index < -0.39 is 0 Å². The number of rotatable bonds is 7. The van der Waals surface area contributed by atoms with Gasteiger partial charge in [-0.3, -0.25) is 0 Å². The smallest absolute Gasteiger partial charge is 0.119 e. The summed E-state index contributed by atoms with van der Waals surface area (Å²) in [4.78, 5) is 0. The Morgan fingerprint density at radius 3 is 2.67 bits per heavy atom. The van der Waals surface area contributed by atoms with E-state index in [0.29, 0.717) is 19.6 Å². The monoisotopic (exact) mass is 210 g/mol. The van der Waals surface area contributed by atoms with Crippen LogP contribution in [0.25, 0.3) is 0 Å². The van der Waals surface area contributed by atoms with Crippen molar-refractivity contribution < 1.29 is 14.6 Å². The van der Waals surface area contributed by atoms with Crippen LogP contribution >= 0.6 is 0 Å². The van der Waals surface area contributed by atoms with Crippen molar-refractivity contribution in [1.82, 2.24) is 0 Å². The molecule has 1 aromatic carbocycles. The molecule has 0 aliphatic rings. The number of hydrogen-bond donors (Lipinski definition) is 1. The molecule has 0 unspecified atom stereocenters. The molecule has 0 aliphatic carbocycles. The second-order valence-electron chi connectivity index (χ2n) is 3.38. The topological polar surface area (TPSA) is 38.7 Å². The Balaban J connectivity index is 2.14. The van der Waals surface area contributed by atoms with Crippen molar-refractivity contribution in [3.05, 3.63) is 30.3 Å². The second kappa shape index (κ2) is 7.26. The molecule has 0 aromatic heterocycles. The second-order valence-corrected chi connectivity index (χ2v) is 3.38. The molecule has 0 saturated carbocycles. The summed E-state index contributed by atoms with van der Waals surface area (Å²) in [5.74, 6) is 0.857. The SMILES string of the molecule is C[C@H](COc1ccccc1)OCCCO. The number of aliphatic hydroxyl groups is 1. The number of ether oxygens (including phenoxy) is 2. The highest BCUT2D eigenvalue weighted by Crippen LogP contribution is 2.09. The number of hydrogen-bond acceptors (Lipinski definition) is 3. The number of para-hydroxylation sites is 1. The summed E-state index contributed by atoms with van der Waals surface area (Å²) >= 11 is 0. The van der Waals surface area contributed by atoms with E-state index in [4.69, 9.17) is 14.6 Å². The minimum Gasteiger partial charge on any atom is -0.491 e. The highest BCUT2D eigenvalue weighted by molar-refractivity contribution is 5.20. The third-order valence-electron chi connectivity index (χ3n) is 1.93. The fourth-order valence-corrected chi connectivity index (χ4v) is 1.13. The Morgan fingerprint density at radius 1 is 1.27 bits per heavy atom. The summed E-state index contributed by atoms with van der Waals surface area (Å²) in [6.45, 7) is 3.25. The molecule has 15 heavy (non-hydrogen) atoms. The van der Waals surface area contributed by atoms with Crippen LogP contribution in [0.2, 0.25) is 0 Å². The zero-order valence-electron chi connectivity index (χ0n) is 9.06. The Hall–Kier alpha value is -1.06. The first-order valence-electron chi connectivity index (χ1n) is 5.23. The lowest BCUT2D eigenvalue weighted by Crippen LogP contribution is -2.19. The number of benzene rings is 1. The first-order chi connectivity index (χ1) is 7.33. The van der Waals surface area contributed by atoms with Crippen LogP contribution in [0.15, 0.2) is 30.3 Å². The van der Waals surface area contributed by atoms with Crippen molar-refractivity contribution in [2.45, 2.75) is 19.4 Å². The quantitative estimate of drug-likeness (QED) is 0.698. The molecular formula is C12H18O3. The molecule has 1 rings (SSSR count). The maximum Gasteiger partial charge on any atom is 0.119 e. The maximum absolute atomic E-state index is 8.58. The summed E-state index contributed by atoms with van der Waals surface area (Å²) in [5, 5.41) is 8.58. The van der Waals surface area contributed by atoms with Crippen LogP contribution in [-0.4, -0.2) is 31.0 Å². The lowest BCUT2D eigenvalue weighted by Gasteiger charge is -2.13. The zero-order valence-corrected chi connectivity index (χ0v) is 9.06. The first-order valence-corrected chi connectivity index (χ1v) is 5.23. The molecule has 0 saturated heterocycles. The zero-order chi connectivity index (χ0) is 10.9. The van der Waals surface area contributed by atoms with Gasteiger partial charge in [-0.1, -0.05) is 18.2 Å². The molecule has 1 aromatic rings. The van der Waals surface area contributed by atoms with Gasteiger partial charge in [-0.25, -0.2) is 0 Å². The summed E-state index contributed by atoms with van der Waals surface area (Å²) in [6.07, 6.45) is 0.729. The van der Waals surface area contributed by atoms with Gasteiger partial charge < -0.3 is 14.6 Å². The Morgan fingerprint density at radius 2 is 2.00 bits per heavy atom. The summed E-state index contributed by atoms with van der Waals surface area (Å²) < 4.78 is 10.9. The van der Waals surface area contributed by atoms with Crippen LogP contribution in [0.5, 0.6) is 5.75 Å². The Labute approximate surface area is 90.6 Å². The van der Waals surface area contributed by atoms with E-state index in [0.717, 1.165) is 5.75 Å². The molecule has 84 valence electrons. The van der Waals surface area contributed by atoms with E-state index in [2.05, 4.69) is 0 Å². The standard InChI is InChI=1S/C12H18O3/c1-11(14-9-5-8-13)10-15-12-6-3-2-4-7-12/h2-4,6-7,11,13H,5,8-10H2,1H3/t11-/m1/s1. The van der Waals surface area contributed by atoms with Gasteiger partial charge in [0.1, 0.15) is 12.4 Å². The van der Waals surface area contributed by atoms with Crippen molar-refractivity contribution in [2.75, 3.05) is 19.8 Å². The van der Waals surface area contributed by atoms with E-state index in [1.807, 2.05) is 37.3 Å². The predicted octanol–water partition coefficient (Wildman–Crippen LogP) is 1.85. The van der Waals surface area contributed by atoms with Crippen molar-refractivity contribution in [3.63, 3.8) is 0 Å². The van der Waals surface area contributed by atoms with Gasteiger partial charge in [0.2, 0.25) is 0 Å². The van der Waals surface area contributed by atoms with Gasteiger partial charge in [-0.15, -0.1) is 0 Å². The maximum atomic E-state index is 8.58. The lowest BCUT2D eigenvalue weighted by molar-refractivity contribution is 0.0255. The molecule has 0 heterocycles. The van der Waals surface area contributed by atoms with E-state index in [1.165, 1.54) is 0 Å². The van der Waals surface area contributed by atoms with Crippen molar-refractivity contribution in [3.8, 4) is 5.75 Å². The minimum absolute atomic E-state index is 0.0526.